The van der Waals surface area contributed by atoms with Crippen LogP contribution in [-0.4, -0.2) is 30.5 Å². The Balaban J connectivity index is 0.00000108. The molecule has 2 aliphatic heterocycles. The second kappa shape index (κ2) is 5.37. The van der Waals surface area contributed by atoms with Crippen LogP contribution < -0.4 is 17.3 Å². The molecule has 0 spiro atoms. The quantitative estimate of drug-likeness (QED) is 0.613. The molecule has 2 bridgehead atoms. The lowest BCUT2D eigenvalue weighted by Crippen LogP contribution is -3.09. The molecule has 2 fully saturated rings. The minimum atomic E-state index is 0. The molecule has 0 radical (unpaired) electrons. The Morgan fingerprint density at radius 1 is 1.65 bits per heavy atom. The summed E-state index contributed by atoms with van der Waals surface area (Å²) in [5, 5.41) is 7.92. The Morgan fingerprint density at radius 2 is 2.53 bits per heavy atom. The van der Waals surface area contributed by atoms with Crippen molar-refractivity contribution in [3.63, 3.8) is 0 Å². The lowest BCUT2D eigenvalue weighted by molar-refractivity contribution is -0.873. The topological polar surface area (TPSA) is 52.1 Å². The largest absolute Gasteiger partial charge is 1.00 e. The van der Waals surface area contributed by atoms with Gasteiger partial charge in [-0.05, 0) is 15.9 Å². The lowest BCUT2D eigenvalue weighted by atomic mass is 10.0. The van der Waals surface area contributed by atoms with Crippen molar-refractivity contribution in [2.45, 2.75) is 13.0 Å². The van der Waals surface area contributed by atoms with Gasteiger partial charge in [-0.15, -0.1) is 0 Å². The minimum Gasteiger partial charge on any atom is -1.00 e. The van der Waals surface area contributed by atoms with Crippen LogP contribution in [-0.2, 0) is 11.4 Å². The number of piperidine rings is 1. The van der Waals surface area contributed by atoms with E-state index in [4.69, 9.17) is 9.36 Å². The summed E-state index contributed by atoms with van der Waals surface area (Å²) >= 11 is 3.22. The smallest absolute Gasteiger partial charge is 0.178 e. The summed E-state index contributed by atoms with van der Waals surface area (Å²) in [6.07, 6.45) is 1.26. The van der Waals surface area contributed by atoms with Gasteiger partial charge in [0.05, 0.1) is 19.0 Å². The number of nitrogens with one attached hydrogen (secondary N) is 1. The zero-order chi connectivity index (χ0) is 11.0. The van der Waals surface area contributed by atoms with Gasteiger partial charge in [0.2, 0.25) is 0 Å². The van der Waals surface area contributed by atoms with Crippen molar-refractivity contribution in [2.24, 2.45) is 11.1 Å². The van der Waals surface area contributed by atoms with Crippen LogP contribution in [0.3, 0.4) is 0 Å². The first kappa shape index (κ1) is 12.9. The number of aromatic nitrogens is 1. The highest BCUT2D eigenvalue weighted by molar-refractivity contribution is 9.10. The van der Waals surface area contributed by atoms with E-state index in [1.807, 2.05) is 0 Å². The van der Waals surface area contributed by atoms with E-state index in [-0.39, 0.29) is 12.4 Å². The summed E-state index contributed by atoms with van der Waals surface area (Å²) in [6.45, 7) is 3.92. The van der Waals surface area contributed by atoms with E-state index in [9.17, 15) is 0 Å². The first-order chi connectivity index (χ1) is 7.81. The Hall–Kier alpha value is -0.590. The third kappa shape index (κ3) is 2.81. The second-order valence-corrected chi connectivity index (χ2v) is 5.15. The summed E-state index contributed by atoms with van der Waals surface area (Å²) in [5.41, 5.74) is 1.21. The van der Waals surface area contributed by atoms with Crippen molar-refractivity contribution < 1.29 is 26.7 Å². The van der Waals surface area contributed by atoms with E-state index in [1.165, 1.54) is 25.2 Å². The van der Waals surface area contributed by atoms with Crippen molar-refractivity contribution in [1.29, 1.82) is 0 Å². The summed E-state index contributed by atoms with van der Waals surface area (Å²) in [7, 11) is 0. The van der Waals surface area contributed by atoms with E-state index < -0.39 is 0 Å². The van der Waals surface area contributed by atoms with E-state index in [0.717, 1.165) is 6.54 Å². The number of hydrogen-bond acceptors (Lipinski definition) is 4. The zero-order valence-electron chi connectivity index (χ0n) is 9.16. The third-order valence-electron chi connectivity index (χ3n) is 3.20. The molecule has 0 aliphatic carbocycles. The SMILES string of the molecule is Brc1cc(CO/N=C2\C[NH+]3CCC2C3)on1.[Cl-]. The molecule has 7 heteroatoms. The molecule has 2 aliphatic rings. The monoisotopic (exact) mass is 321 g/mol. The summed E-state index contributed by atoms with van der Waals surface area (Å²) in [4.78, 5) is 6.92. The molecule has 3 rings (SSSR count). The molecule has 5 nitrogen and oxygen atoms in total. The molecule has 1 aromatic heterocycles. The maximum absolute atomic E-state index is 5.29. The van der Waals surface area contributed by atoms with E-state index >= 15 is 0 Å². The molecule has 0 aromatic carbocycles. The van der Waals surface area contributed by atoms with Crippen molar-refractivity contribution in [2.75, 3.05) is 19.6 Å². The van der Waals surface area contributed by atoms with Crippen LogP contribution in [0.5, 0.6) is 0 Å². The fraction of sp³-hybridized carbons (Fsp3) is 0.600. The average molecular weight is 323 g/mol. The highest BCUT2D eigenvalue weighted by atomic mass is 79.9. The Labute approximate surface area is 114 Å². The highest BCUT2D eigenvalue weighted by Gasteiger charge is 2.39. The van der Waals surface area contributed by atoms with Crippen molar-refractivity contribution in [3.8, 4) is 0 Å². The number of halogens is 2. The van der Waals surface area contributed by atoms with Gasteiger partial charge in [0.15, 0.2) is 12.4 Å². The van der Waals surface area contributed by atoms with Gasteiger partial charge in [-0.2, -0.15) is 0 Å². The first-order valence-corrected chi connectivity index (χ1v) is 6.24. The van der Waals surface area contributed by atoms with E-state index in [2.05, 4.69) is 26.2 Å². The predicted octanol–water partition coefficient (Wildman–Crippen LogP) is -2.77. The van der Waals surface area contributed by atoms with Gasteiger partial charge in [0.1, 0.15) is 16.9 Å². The standard InChI is InChI=1S/C10H12BrN3O2.ClH/c11-10-3-8(16-13-10)6-15-12-9-5-14-2-1-7(9)4-14;/h3,7H,1-2,4-6H2;1H/b12-9+;. The molecule has 0 saturated carbocycles. The number of quaternary nitrogens is 1. The number of fused-ring (bicyclic) bond motifs is 2. The number of rotatable bonds is 3. The van der Waals surface area contributed by atoms with Crippen molar-refractivity contribution in [1.82, 2.24) is 5.16 Å². The van der Waals surface area contributed by atoms with E-state index in [0.29, 0.717) is 22.9 Å². The van der Waals surface area contributed by atoms with Gasteiger partial charge in [-0.25, -0.2) is 0 Å². The molecule has 2 saturated heterocycles. The molecule has 2 unspecified atom stereocenters. The van der Waals surface area contributed by atoms with E-state index in [1.54, 1.807) is 11.0 Å². The molecule has 1 N–H and O–H groups in total. The van der Waals surface area contributed by atoms with Gasteiger partial charge in [-0.3, -0.25) is 0 Å². The Kier molecular flexibility index (Phi) is 4.06. The Morgan fingerprint density at radius 3 is 3.12 bits per heavy atom. The molecule has 2 atom stereocenters. The van der Waals surface area contributed by atoms with Crippen molar-refractivity contribution in [3.05, 3.63) is 16.4 Å². The van der Waals surface area contributed by atoms with Gasteiger partial charge in [-0.1, -0.05) is 10.3 Å². The van der Waals surface area contributed by atoms with Crippen LogP contribution in [0.25, 0.3) is 0 Å². The van der Waals surface area contributed by atoms with Gasteiger partial charge in [0, 0.05) is 12.5 Å². The van der Waals surface area contributed by atoms with Crippen LogP contribution in [0.4, 0.5) is 0 Å². The summed E-state index contributed by atoms with van der Waals surface area (Å²) < 4.78 is 5.68. The fourth-order valence-corrected chi connectivity index (χ4v) is 2.75. The molecular formula is C10H13BrClN3O2. The fourth-order valence-electron chi connectivity index (χ4n) is 2.42. The number of hydrogen-bond donors (Lipinski definition) is 1. The molecule has 17 heavy (non-hydrogen) atoms. The Bertz CT molecular complexity index is 423. The molecule has 3 heterocycles. The highest BCUT2D eigenvalue weighted by Crippen LogP contribution is 2.14. The van der Waals surface area contributed by atoms with Gasteiger partial charge in [0.25, 0.3) is 0 Å². The van der Waals surface area contributed by atoms with Crippen LogP contribution in [0.15, 0.2) is 20.3 Å². The lowest BCUT2D eigenvalue weighted by Gasteiger charge is -2.09. The normalized spacial score (nSPS) is 28.4. The number of oxime groups is 1. The van der Waals surface area contributed by atoms with Crippen LogP contribution >= 0.6 is 15.9 Å². The first-order valence-electron chi connectivity index (χ1n) is 5.44. The molecule has 94 valence electrons. The van der Waals surface area contributed by atoms with Gasteiger partial charge >= 0.3 is 0 Å². The summed E-state index contributed by atoms with van der Waals surface area (Å²) in [6, 6.07) is 1.79. The van der Waals surface area contributed by atoms with Crippen LogP contribution in [0.1, 0.15) is 12.2 Å². The minimum absolute atomic E-state index is 0. The molecular weight excluding hydrogens is 309 g/mol. The van der Waals surface area contributed by atoms with Crippen LogP contribution in [0, 0.1) is 5.92 Å². The molecule has 0 amide bonds. The maximum atomic E-state index is 5.29. The maximum Gasteiger partial charge on any atom is 0.178 e. The average Bonchev–Trinajstić information content (AvgIpc) is 2.94. The summed E-state index contributed by atoms with van der Waals surface area (Å²) in [5.74, 6) is 1.34. The third-order valence-corrected chi connectivity index (χ3v) is 3.58. The predicted molar refractivity (Wildman–Crippen MR) is 60.1 cm³/mol. The van der Waals surface area contributed by atoms with Crippen LogP contribution in [0.2, 0.25) is 0 Å². The molecule has 1 aromatic rings. The van der Waals surface area contributed by atoms with Crippen molar-refractivity contribution >= 4 is 21.6 Å². The second-order valence-electron chi connectivity index (χ2n) is 4.34. The number of nitrogens with zero attached hydrogens (tertiary/aromatic N) is 2. The zero-order valence-corrected chi connectivity index (χ0v) is 11.5. The van der Waals surface area contributed by atoms with Gasteiger partial charge < -0.3 is 26.7 Å².